The van der Waals surface area contributed by atoms with Crippen LogP contribution in [0.5, 0.6) is 0 Å². The Labute approximate surface area is 76.8 Å². The number of hydrogen-bond acceptors (Lipinski definition) is 3. The summed E-state index contributed by atoms with van der Waals surface area (Å²) in [5.74, 6) is -1.35. The zero-order valence-corrected chi connectivity index (χ0v) is 7.56. The molecule has 1 aliphatic rings. The zero-order valence-electron chi connectivity index (χ0n) is 7.56. The molecule has 4 nitrogen and oxygen atoms in total. The third kappa shape index (κ3) is 2.39. The van der Waals surface area contributed by atoms with Gasteiger partial charge in [0.1, 0.15) is 0 Å². The van der Waals surface area contributed by atoms with Crippen LogP contribution in [0, 0.1) is 5.92 Å². The first-order valence-corrected chi connectivity index (χ1v) is 4.31. The van der Waals surface area contributed by atoms with Gasteiger partial charge in [-0.05, 0) is 19.3 Å². The molecule has 1 unspecified atom stereocenters. The quantitative estimate of drug-likeness (QED) is 0.376. The lowest BCUT2D eigenvalue weighted by molar-refractivity contribution is -0.180. The van der Waals surface area contributed by atoms with Crippen molar-refractivity contribution < 1.29 is 14.8 Å². The molecule has 0 aromatic heterocycles. The minimum atomic E-state index is -0.625. The number of imide groups is 1. The third-order valence-corrected chi connectivity index (χ3v) is 2.13. The average molecular weight is 183 g/mol. The van der Waals surface area contributed by atoms with Crippen LogP contribution < -0.4 is 0 Å². The van der Waals surface area contributed by atoms with E-state index in [1.54, 1.807) is 0 Å². The maximum Gasteiger partial charge on any atom is 0.256 e. The number of carbonyl (C=O) groups is 2. The summed E-state index contributed by atoms with van der Waals surface area (Å²) in [6.45, 7) is 1.16. The summed E-state index contributed by atoms with van der Waals surface area (Å²) in [4.78, 5) is 22.0. The van der Waals surface area contributed by atoms with Crippen molar-refractivity contribution in [1.82, 2.24) is 5.06 Å². The standard InChI is InChI=1S/C9H13NO3/c1-7(11)10(13)9(12)8-5-3-2-4-6-8/h2-3,8,13H,4-6H2,1H3. The molecule has 0 fully saturated rings. The van der Waals surface area contributed by atoms with Crippen molar-refractivity contribution in [1.29, 1.82) is 0 Å². The normalized spacial score (nSPS) is 21.2. The number of allylic oxidation sites excluding steroid dienone is 2. The fourth-order valence-electron chi connectivity index (χ4n) is 1.35. The first-order chi connectivity index (χ1) is 6.13. The Balaban J connectivity index is 2.56. The molecule has 72 valence electrons. The molecule has 0 aromatic rings. The smallest absolute Gasteiger partial charge is 0.256 e. The zero-order chi connectivity index (χ0) is 9.84. The monoisotopic (exact) mass is 183 g/mol. The Kier molecular flexibility index (Phi) is 3.19. The van der Waals surface area contributed by atoms with E-state index in [9.17, 15) is 9.59 Å². The van der Waals surface area contributed by atoms with Crippen LogP contribution >= 0.6 is 0 Å². The number of hydrogen-bond donors (Lipinski definition) is 1. The Bertz CT molecular complexity index is 247. The molecular formula is C9H13NO3. The molecule has 0 saturated carbocycles. The van der Waals surface area contributed by atoms with Crippen LogP contribution in [0.25, 0.3) is 0 Å². The largest absolute Gasteiger partial charge is 0.279 e. The summed E-state index contributed by atoms with van der Waals surface area (Å²) in [6.07, 6.45) is 6.06. The van der Waals surface area contributed by atoms with Crippen molar-refractivity contribution in [2.45, 2.75) is 26.2 Å². The number of rotatable bonds is 1. The number of nitrogens with zero attached hydrogens (tertiary/aromatic N) is 1. The second-order valence-electron chi connectivity index (χ2n) is 3.15. The van der Waals surface area contributed by atoms with Crippen molar-refractivity contribution in [2.75, 3.05) is 0 Å². The maximum atomic E-state index is 11.4. The lowest BCUT2D eigenvalue weighted by Crippen LogP contribution is -2.37. The lowest BCUT2D eigenvalue weighted by atomic mass is 9.93. The van der Waals surface area contributed by atoms with E-state index in [2.05, 4.69) is 0 Å². The molecule has 1 aliphatic carbocycles. The van der Waals surface area contributed by atoms with E-state index < -0.39 is 11.8 Å². The van der Waals surface area contributed by atoms with Crippen LogP contribution in [0.1, 0.15) is 26.2 Å². The first kappa shape index (κ1) is 9.92. The molecule has 1 atom stereocenters. The topological polar surface area (TPSA) is 57.6 Å². The van der Waals surface area contributed by atoms with Crippen molar-refractivity contribution in [3.63, 3.8) is 0 Å². The fraction of sp³-hybridized carbons (Fsp3) is 0.556. The van der Waals surface area contributed by atoms with Crippen molar-refractivity contribution in [3.05, 3.63) is 12.2 Å². The molecular weight excluding hydrogens is 170 g/mol. The predicted octanol–water partition coefficient (Wildman–Crippen LogP) is 1.11. The summed E-state index contributed by atoms with van der Waals surface area (Å²) in [7, 11) is 0. The summed E-state index contributed by atoms with van der Waals surface area (Å²) < 4.78 is 0. The molecule has 2 amide bonds. The highest BCUT2D eigenvalue weighted by molar-refractivity contribution is 5.93. The van der Waals surface area contributed by atoms with Gasteiger partial charge in [0.25, 0.3) is 5.91 Å². The lowest BCUT2D eigenvalue weighted by Gasteiger charge is -2.20. The Morgan fingerprint density at radius 1 is 1.46 bits per heavy atom. The van der Waals surface area contributed by atoms with Crippen LogP contribution in [-0.2, 0) is 9.59 Å². The third-order valence-electron chi connectivity index (χ3n) is 2.13. The van der Waals surface area contributed by atoms with Gasteiger partial charge >= 0.3 is 0 Å². The molecule has 0 saturated heterocycles. The van der Waals surface area contributed by atoms with Crippen LogP contribution in [0.2, 0.25) is 0 Å². The van der Waals surface area contributed by atoms with Crippen LogP contribution in [-0.4, -0.2) is 22.1 Å². The van der Waals surface area contributed by atoms with Gasteiger partial charge in [-0.15, -0.1) is 0 Å². The van der Waals surface area contributed by atoms with Gasteiger partial charge < -0.3 is 0 Å². The van der Waals surface area contributed by atoms with Gasteiger partial charge in [0, 0.05) is 12.8 Å². The van der Waals surface area contributed by atoms with Gasteiger partial charge in [-0.25, -0.2) is 0 Å². The Hall–Kier alpha value is -1.16. The molecule has 1 N–H and O–H groups in total. The van der Waals surface area contributed by atoms with E-state index in [4.69, 9.17) is 5.21 Å². The van der Waals surface area contributed by atoms with E-state index >= 15 is 0 Å². The van der Waals surface area contributed by atoms with E-state index in [1.165, 1.54) is 0 Å². The summed E-state index contributed by atoms with van der Waals surface area (Å²) in [6, 6.07) is 0. The number of carbonyl (C=O) groups excluding carboxylic acids is 2. The molecule has 0 heterocycles. The summed E-state index contributed by atoms with van der Waals surface area (Å²) >= 11 is 0. The van der Waals surface area contributed by atoms with Gasteiger partial charge in [-0.2, -0.15) is 5.06 Å². The minimum Gasteiger partial charge on any atom is -0.279 e. The second-order valence-corrected chi connectivity index (χ2v) is 3.15. The van der Waals surface area contributed by atoms with E-state index in [1.807, 2.05) is 12.2 Å². The van der Waals surface area contributed by atoms with Gasteiger partial charge in [0.2, 0.25) is 5.91 Å². The predicted molar refractivity (Wildman–Crippen MR) is 45.8 cm³/mol. The van der Waals surface area contributed by atoms with Crippen molar-refractivity contribution in [3.8, 4) is 0 Å². The maximum absolute atomic E-state index is 11.4. The number of amides is 2. The molecule has 1 rings (SSSR count). The molecule has 0 radical (unpaired) electrons. The van der Waals surface area contributed by atoms with Crippen molar-refractivity contribution >= 4 is 11.8 Å². The highest BCUT2D eigenvalue weighted by Crippen LogP contribution is 2.19. The van der Waals surface area contributed by atoms with E-state index in [0.29, 0.717) is 12.8 Å². The second kappa shape index (κ2) is 4.18. The Morgan fingerprint density at radius 3 is 2.62 bits per heavy atom. The average Bonchev–Trinajstić information content (AvgIpc) is 2.17. The van der Waals surface area contributed by atoms with Gasteiger partial charge in [-0.3, -0.25) is 14.8 Å². The van der Waals surface area contributed by atoms with Crippen LogP contribution in [0.15, 0.2) is 12.2 Å². The minimum absolute atomic E-state index is 0.212. The fourth-order valence-corrected chi connectivity index (χ4v) is 1.35. The Morgan fingerprint density at radius 2 is 2.15 bits per heavy atom. The van der Waals surface area contributed by atoms with Gasteiger partial charge in [-0.1, -0.05) is 12.2 Å². The first-order valence-electron chi connectivity index (χ1n) is 4.31. The van der Waals surface area contributed by atoms with Crippen molar-refractivity contribution in [2.24, 2.45) is 5.92 Å². The molecule has 0 bridgehead atoms. The highest BCUT2D eigenvalue weighted by atomic mass is 16.5. The summed E-state index contributed by atoms with van der Waals surface area (Å²) in [5, 5.41) is 9.27. The highest BCUT2D eigenvalue weighted by Gasteiger charge is 2.25. The molecule has 13 heavy (non-hydrogen) atoms. The van der Waals surface area contributed by atoms with Crippen LogP contribution in [0.3, 0.4) is 0 Å². The molecule has 0 spiro atoms. The van der Waals surface area contributed by atoms with E-state index in [-0.39, 0.29) is 11.0 Å². The molecule has 0 aliphatic heterocycles. The van der Waals surface area contributed by atoms with E-state index in [0.717, 1.165) is 13.3 Å². The summed E-state index contributed by atoms with van der Waals surface area (Å²) in [5.41, 5.74) is 0. The number of hydroxylamine groups is 2. The molecule has 4 heteroatoms. The SMILES string of the molecule is CC(=O)N(O)C(=O)C1CC=CCC1. The molecule has 0 aromatic carbocycles. The van der Waals surface area contributed by atoms with Gasteiger partial charge in [0.05, 0.1) is 0 Å². The van der Waals surface area contributed by atoms with Gasteiger partial charge in [0.15, 0.2) is 0 Å². The van der Waals surface area contributed by atoms with Crippen LogP contribution in [0.4, 0.5) is 0 Å².